The third kappa shape index (κ3) is 1.91. The third-order valence-electron chi connectivity index (χ3n) is 4.97. The monoisotopic (exact) mass is 250 g/mol. The van der Waals surface area contributed by atoms with Gasteiger partial charge in [-0.05, 0) is 31.7 Å². The Bertz CT molecular complexity index is 358. The van der Waals surface area contributed by atoms with E-state index in [1.807, 2.05) is 0 Å². The number of nitrogens with zero attached hydrogens (tertiary/aromatic N) is 1. The Morgan fingerprint density at radius 3 is 3.22 bits per heavy atom. The lowest BCUT2D eigenvalue weighted by Crippen LogP contribution is -2.31. The van der Waals surface area contributed by atoms with E-state index in [1.165, 1.54) is 18.6 Å². The molecule has 2 aliphatic heterocycles. The summed E-state index contributed by atoms with van der Waals surface area (Å²) in [4.78, 5) is 4.70. The minimum absolute atomic E-state index is 0.461. The molecule has 3 fully saturated rings. The van der Waals surface area contributed by atoms with Crippen LogP contribution in [-0.4, -0.2) is 50.8 Å². The molecule has 0 amide bonds. The highest BCUT2D eigenvalue weighted by atomic mass is 16.5. The zero-order chi connectivity index (χ0) is 11.9. The first kappa shape index (κ1) is 11.4. The average molecular weight is 250 g/mol. The van der Waals surface area contributed by atoms with Crippen molar-refractivity contribution in [2.24, 2.45) is 22.7 Å². The van der Waals surface area contributed by atoms with Crippen LogP contribution in [0.2, 0.25) is 0 Å². The molecule has 2 saturated carbocycles. The van der Waals surface area contributed by atoms with E-state index in [9.17, 15) is 0 Å². The van der Waals surface area contributed by atoms with Crippen LogP contribution in [0.25, 0.3) is 0 Å². The van der Waals surface area contributed by atoms with Crippen molar-refractivity contribution in [2.75, 3.05) is 32.9 Å². The molecule has 4 heteroatoms. The van der Waals surface area contributed by atoms with Gasteiger partial charge in [0, 0.05) is 30.2 Å². The predicted octanol–water partition coefficient (Wildman–Crippen LogP) is 0.861. The van der Waals surface area contributed by atoms with Gasteiger partial charge >= 0.3 is 0 Å². The van der Waals surface area contributed by atoms with Crippen LogP contribution < -0.4 is 5.32 Å². The summed E-state index contributed by atoms with van der Waals surface area (Å²) >= 11 is 0. The number of hydrogen-bond donors (Lipinski definition) is 1. The number of ether oxygens (including phenoxy) is 2. The van der Waals surface area contributed by atoms with Crippen LogP contribution in [-0.2, 0) is 9.47 Å². The Labute approximate surface area is 108 Å². The Balaban J connectivity index is 1.50. The maximum atomic E-state index is 6.09. The van der Waals surface area contributed by atoms with Crippen molar-refractivity contribution in [2.45, 2.75) is 31.4 Å². The van der Waals surface area contributed by atoms with Gasteiger partial charge in [0.25, 0.3) is 0 Å². The van der Waals surface area contributed by atoms with E-state index in [0.717, 1.165) is 39.3 Å². The molecule has 4 nitrogen and oxygen atoms in total. The Kier molecular flexibility index (Phi) is 2.90. The highest BCUT2D eigenvalue weighted by Crippen LogP contribution is 2.49. The van der Waals surface area contributed by atoms with Crippen molar-refractivity contribution in [3.8, 4) is 0 Å². The molecule has 18 heavy (non-hydrogen) atoms. The summed E-state index contributed by atoms with van der Waals surface area (Å²) in [5, 5.41) is 3.67. The number of fused-ring (bicyclic) bond motifs is 3. The van der Waals surface area contributed by atoms with Crippen molar-refractivity contribution in [3.63, 3.8) is 0 Å². The first-order valence-electron chi connectivity index (χ1n) is 7.40. The molecule has 0 spiro atoms. The van der Waals surface area contributed by atoms with E-state index >= 15 is 0 Å². The summed E-state index contributed by atoms with van der Waals surface area (Å²) in [7, 11) is 0. The summed E-state index contributed by atoms with van der Waals surface area (Å²) < 4.78 is 11.7. The molecule has 2 aliphatic carbocycles. The normalized spacial score (nSPS) is 47.6. The minimum atomic E-state index is 0.461. The number of hydrogen-bond acceptors (Lipinski definition) is 4. The highest BCUT2D eigenvalue weighted by molar-refractivity contribution is 6.04. The Morgan fingerprint density at radius 2 is 2.22 bits per heavy atom. The predicted molar refractivity (Wildman–Crippen MR) is 69.0 cm³/mol. The van der Waals surface area contributed by atoms with Gasteiger partial charge in [-0.2, -0.15) is 0 Å². The molecule has 0 aromatic rings. The number of nitrogens with one attached hydrogen (secondary N) is 1. The van der Waals surface area contributed by atoms with Crippen molar-refractivity contribution in [1.82, 2.24) is 5.32 Å². The van der Waals surface area contributed by atoms with E-state index in [1.54, 1.807) is 0 Å². The molecule has 4 aliphatic rings. The van der Waals surface area contributed by atoms with Gasteiger partial charge in [0.05, 0.1) is 25.9 Å². The van der Waals surface area contributed by atoms with Gasteiger partial charge in [-0.3, -0.25) is 4.99 Å². The molecule has 1 N–H and O–H groups in total. The summed E-state index contributed by atoms with van der Waals surface area (Å²) in [5.41, 5.74) is 1.44. The summed E-state index contributed by atoms with van der Waals surface area (Å²) in [6, 6.07) is 0.673. The van der Waals surface area contributed by atoms with Gasteiger partial charge in [0.1, 0.15) is 0 Å². The highest BCUT2D eigenvalue weighted by Gasteiger charge is 2.55. The fourth-order valence-corrected chi connectivity index (χ4v) is 4.08. The lowest BCUT2D eigenvalue weighted by Gasteiger charge is -2.21. The molecule has 2 heterocycles. The zero-order valence-corrected chi connectivity index (χ0v) is 10.8. The summed E-state index contributed by atoms with van der Waals surface area (Å²) in [6.45, 7) is 4.60. The van der Waals surface area contributed by atoms with Crippen LogP contribution in [0.5, 0.6) is 0 Å². The SMILES string of the molecule is C1CNC2CC(OC1)C(C1C3=NCCOCC31)C2. The molecular formula is C14H22N2O2. The van der Waals surface area contributed by atoms with Crippen molar-refractivity contribution in [3.05, 3.63) is 0 Å². The lowest BCUT2D eigenvalue weighted by atomic mass is 9.98. The van der Waals surface area contributed by atoms with Crippen molar-refractivity contribution < 1.29 is 9.47 Å². The van der Waals surface area contributed by atoms with Crippen molar-refractivity contribution in [1.29, 1.82) is 0 Å². The molecule has 5 atom stereocenters. The molecule has 100 valence electrons. The molecule has 0 radical (unpaired) electrons. The summed E-state index contributed by atoms with van der Waals surface area (Å²) in [6.07, 6.45) is 4.08. The molecular weight excluding hydrogens is 228 g/mol. The fourth-order valence-electron chi connectivity index (χ4n) is 4.08. The Morgan fingerprint density at radius 1 is 1.22 bits per heavy atom. The molecule has 0 aromatic carbocycles. The Hall–Kier alpha value is -0.450. The second-order valence-corrected chi connectivity index (χ2v) is 6.06. The molecule has 5 unspecified atom stereocenters. The topological polar surface area (TPSA) is 42.8 Å². The standard InChI is InChI=1S/C14H22N2O2/c1-2-15-9-6-10(12(7-9)18-4-1)13-11-8-17-5-3-16-14(11)13/h9-13,15H,1-8H2. The van der Waals surface area contributed by atoms with E-state index in [2.05, 4.69) is 5.32 Å². The van der Waals surface area contributed by atoms with E-state index in [4.69, 9.17) is 14.5 Å². The second-order valence-electron chi connectivity index (χ2n) is 6.06. The number of rotatable bonds is 1. The molecule has 1 saturated heterocycles. The quantitative estimate of drug-likeness (QED) is 0.750. The zero-order valence-electron chi connectivity index (χ0n) is 10.8. The van der Waals surface area contributed by atoms with Crippen LogP contribution >= 0.6 is 0 Å². The van der Waals surface area contributed by atoms with Gasteiger partial charge in [-0.25, -0.2) is 0 Å². The van der Waals surface area contributed by atoms with Crippen LogP contribution in [0.1, 0.15) is 19.3 Å². The van der Waals surface area contributed by atoms with Gasteiger partial charge in [-0.1, -0.05) is 0 Å². The van der Waals surface area contributed by atoms with Crippen LogP contribution in [0, 0.1) is 17.8 Å². The van der Waals surface area contributed by atoms with Crippen LogP contribution in [0.15, 0.2) is 4.99 Å². The van der Waals surface area contributed by atoms with Crippen molar-refractivity contribution >= 4 is 5.71 Å². The largest absolute Gasteiger partial charge is 0.379 e. The maximum absolute atomic E-state index is 6.09. The van der Waals surface area contributed by atoms with Crippen LogP contribution in [0.4, 0.5) is 0 Å². The van der Waals surface area contributed by atoms with Gasteiger partial charge in [0.2, 0.25) is 0 Å². The van der Waals surface area contributed by atoms with E-state index < -0.39 is 0 Å². The van der Waals surface area contributed by atoms with Crippen LogP contribution in [0.3, 0.4) is 0 Å². The first-order valence-corrected chi connectivity index (χ1v) is 7.40. The van der Waals surface area contributed by atoms with Gasteiger partial charge in [0.15, 0.2) is 0 Å². The third-order valence-corrected chi connectivity index (χ3v) is 4.97. The maximum Gasteiger partial charge on any atom is 0.0662 e. The van der Waals surface area contributed by atoms with E-state index in [0.29, 0.717) is 29.9 Å². The second kappa shape index (κ2) is 4.58. The van der Waals surface area contributed by atoms with E-state index in [-0.39, 0.29) is 0 Å². The van der Waals surface area contributed by atoms with Gasteiger partial charge < -0.3 is 14.8 Å². The first-order chi connectivity index (χ1) is 8.93. The molecule has 4 rings (SSSR count). The smallest absolute Gasteiger partial charge is 0.0662 e. The average Bonchev–Trinajstić information content (AvgIpc) is 2.91. The molecule has 0 aromatic heterocycles. The minimum Gasteiger partial charge on any atom is -0.379 e. The lowest BCUT2D eigenvalue weighted by molar-refractivity contribution is 0.0142. The number of aliphatic imine (C=N–C) groups is 1. The molecule has 2 bridgehead atoms. The van der Waals surface area contributed by atoms with Gasteiger partial charge in [-0.15, -0.1) is 0 Å². The fraction of sp³-hybridized carbons (Fsp3) is 0.929. The summed E-state index contributed by atoms with van der Waals surface area (Å²) in [5.74, 6) is 1.97.